The molecule has 0 aliphatic heterocycles. The summed E-state index contributed by atoms with van der Waals surface area (Å²) in [6.07, 6.45) is 2.57. The fourth-order valence-corrected chi connectivity index (χ4v) is 1.80. The molecule has 0 aliphatic carbocycles. The molecule has 0 saturated heterocycles. The van der Waals surface area contributed by atoms with Gasteiger partial charge in [-0.3, -0.25) is 4.79 Å². The highest BCUT2D eigenvalue weighted by molar-refractivity contribution is 5.86. The number of carbonyl (C=O) groups is 1. The van der Waals surface area contributed by atoms with E-state index < -0.39 is 0 Å². The third-order valence-corrected chi connectivity index (χ3v) is 2.62. The first-order valence-electron chi connectivity index (χ1n) is 5.17. The SMILES string of the molecule is CCn1ccc(-c2ccccc2F)c1C=O. The van der Waals surface area contributed by atoms with Crippen LogP contribution in [-0.4, -0.2) is 10.9 Å². The van der Waals surface area contributed by atoms with Crippen molar-refractivity contribution in [1.29, 1.82) is 0 Å². The number of aldehydes is 1. The van der Waals surface area contributed by atoms with Gasteiger partial charge in [0.25, 0.3) is 0 Å². The zero-order valence-corrected chi connectivity index (χ0v) is 8.98. The van der Waals surface area contributed by atoms with Crippen LogP contribution >= 0.6 is 0 Å². The smallest absolute Gasteiger partial charge is 0.167 e. The minimum atomic E-state index is -0.306. The van der Waals surface area contributed by atoms with Crippen molar-refractivity contribution in [2.75, 3.05) is 0 Å². The van der Waals surface area contributed by atoms with Crippen molar-refractivity contribution in [2.45, 2.75) is 13.5 Å². The molecule has 0 N–H and O–H groups in total. The Morgan fingerprint density at radius 3 is 2.62 bits per heavy atom. The van der Waals surface area contributed by atoms with Crippen LogP contribution in [0, 0.1) is 5.82 Å². The van der Waals surface area contributed by atoms with Crippen molar-refractivity contribution >= 4 is 6.29 Å². The van der Waals surface area contributed by atoms with Crippen LogP contribution in [0.15, 0.2) is 36.5 Å². The number of hydrogen-bond acceptors (Lipinski definition) is 1. The highest BCUT2D eigenvalue weighted by Crippen LogP contribution is 2.26. The molecule has 0 bridgehead atoms. The van der Waals surface area contributed by atoms with Gasteiger partial charge in [-0.2, -0.15) is 0 Å². The second-order valence-electron chi connectivity index (χ2n) is 3.50. The molecule has 1 aromatic heterocycles. The lowest BCUT2D eigenvalue weighted by Crippen LogP contribution is -1.99. The molecule has 16 heavy (non-hydrogen) atoms. The monoisotopic (exact) mass is 217 g/mol. The predicted molar refractivity (Wildman–Crippen MR) is 60.9 cm³/mol. The number of aromatic nitrogens is 1. The number of hydrogen-bond donors (Lipinski definition) is 0. The van der Waals surface area contributed by atoms with Crippen molar-refractivity contribution in [3.63, 3.8) is 0 Å². The van der Waals surface area contributed by atoms with Gasteiger partial charge in [-0.1, -0.05) is 18.2 Å². The molecule has 0 spiro atoms. The molecule has 82 valence electrons. The molecule has 2 nitrogen and oxygen atoms in total. The number of nitrogens with zero attached hydrogens (tertiary/aromatic N) is 1. The summed E-state index contributed by atoms with van der Waals surface area (Å²) >= 11 is 0. The number of carbonyl (C=O) groups excluding carboxylic acids is 1. The van der Waals surface area contributed by atoms with Crippen LogP contribution < -0.4 is 0 Å². The van der Waals surface area contributed by atoms with Crippen LogP contribution in [0.25, 0.3) is 11.1 Å². The van der Waals surface area contributed by atoms with E-state index in [1.807, 2.05) is 6.92 Å². The van der Waals surface area contributed by atoms with Gasteiger partial charge in [0.1, 0.15) is 5.82 Å². The molecule has 1 aromatic carbocycles. The highest BCUT2D eigenvalue weighted by Gasteiger charge is 2.12. The standard InChI is InChI=1S/C13H12FNO/c1-2-15-8-7-11(13(15)9-16)10-5-3-4-6-12(10)14/h3-9H,2H2,1H3. The van der Waals surface area contributed by atoms with Gasteiger partial charge in [0.2, 0.25) is 0 Å². The lowest BCUT2D eigenvalue weighted by Gasteiger charge is -2.04. The molecule has 0 atom stereocenters. The topological polar surface area (TPSA) is 22.0 Å². The largest absolute Gasteiger partial charge is 0.345 e. The third kappa shape index (κ3) is 1.65. The van der Waals surface area contributed by atoms with Crippen molar-refractivity contribution in [1.82, 2.24) is 4.57 Å². The Labute approximate surface area is 93.3 Å². The van der Waals surface area contributed by atoms with Gasteiger partial charge in [-0.05, 0) is 19.1 Å². The minimum absolute atomic E-state index is 0.306. The molecule has 2 rings (SSSR count). The van der Waals surface area contributed by atoms with Gasteiger partial charge in [-0.25, -0.2) is 4.39 Å². The Hall–Kier alpha value is -1.90. The van der Waals surface area contributed by atoms with Crippen LogP contribution in [-0.2, 0) is 6.54 Å². The van der Waals surface area contributed by atoms with E-state index in [9.17, 15) is 9.18 Å². The second-order valence-corrected chi connectivity index (χ2v) is 3.50. The first-order valence-corrected chi connectivity index (χ1v) is 5.17. The zero-order valence-electron chi connectivity index (χ0n) is 8.98. The summed E-state index contributed by atoms with van der Waals surface area (Å²) in [5.41, 5.74) is 1.64. The van der Waals surface area contributed by atoms with Gasteiger partial charge in [-0.15, -0.1) is 0 Å². The Balaban J connectivity index is 2.61. The lowest BCUT2D eigenvalue weighted by atomic mass is 10.1. The summed E-state index contributed by atoms with van der Waals surface area (Å²) in [6.45, 7) is 2.64. The number of halogens is 1. The Morgan fingerprint density at radius 2 is 2.00 bits per heavy atom. The minimum Gasteiger partial charge on any atom is -0.345 e. The van der Waals surface area contributed by atoms with Gasteiger partial charge in [0, 0.05) is 23.9 Å². The van der Waals surface area contributed by atoms with Crippen LogP contribution in [0.5, 0.6) is 0 Å². The number of benzene rings is 1. The maximum absolute atomic E-state index is 13.6. The summed E-state index contributed by atoms with van der Waals surface area (Å²) in [7, 11) is 0. The molecule has 0 amide bonds. The summed E-state index contributed by atoms with van der Waals surface area (Å²) in [6, 6.07) is 8.24. The first kappa shape index (κ1) is 10.6. The van der Waals surface area contributed by atoms with Crippen molar-refractivity contribution in [2.24, 2.45) is 0 Å². The summed E-state index contributed by atoms with van der Waals surface area (Å²) in [4.78, 5) is 11.0. The third-order valence-electron chi connectivity index (χ3n) is 2.62. The maximum atomic E-state index is 13.6. The van der Waals surface area contributed by atoms with Crippen molar-refractivity contribution in [3.05, 3.63) is 48.0 Å². The fourth-order valence-electron chi connectivity index (χ4n) is 1.80. The van der Waals surface area contributed by atoms with Crippen LogP contribution in [0.3, 0.4) is 0 Å². The number of aryl methyl sites for hydroxylation is 1. The molecular formula is C13H12FNO. The van der Waals surface area contributed by atoms with Crippen LogP contribution in [0.1, 0.15) is 17.4 Å². The van der Waals surface area contributed by atoms with Gasteiger partial charge >= 0.3 is 0 Å². The second kappa shape index (κ2) is 4.31. The maximum Gasteiger partial charge on any atom is 0.167 e. The summed E-state index contributed by atoms with van der Waals surface area (Å²) < 4.78 is 15.4. The summed E-state index contributed by atoms with van der Waals surface area (Å²) in [5, 5.41) is 0. The molecule has 0 saturated carbocycles. The number of rotatable bonds is 3. The molecule has 0 unspecified atom stereocenters. The molecule has 0 aliphatic rings. The fraction of sp³-hybridized carbons (Fsp3) is 0.154. The average Bonchev–Trinajstić information content (AvgIpc) is 2.72. The summed E-state index contributed by atoms with van der Waals surface area (Å²) in [5.74, 6) is -0.306. The van der Waals surface area contributed by atoms with E-state index in [0.29, 0.717) is 23.4 Å². The zero-order chi connectivity index (χ0) is 11.5. The van der Waals surface area contributed by atoms with Gasteiger partial charge in [0.15, 0.2) is 6.29 Å². The van der Waals surface area contributed by atoms with Crippen molar-refractivity contribution < 1.29 is 9.18 Å². The molecular weight excluding hydrogens is 205 g/mol. The molecule has 2 aromatic rings. The normalized spacial score (nSPS) is 10.4. The Kier molecular flexibility index (Phi) is 2.86. The van der Waals surface area contributed by atoms with E-state index >= 15 is 0 Å². The van der Waals surface area contributed by atoms with Gasteiger partial charge < -0.3 is 4.57 Å². The Morgan fingerprint density at radius 1 is 1.25 bits per heavy atom. The van der Waals surface area contributed by atoms with E-state index in [1.165, 1.54) is 6.07 Å². The van der Waals surface area contributed by atoms with Crippen LogP contribution in [0.4, 0.5) is 4.39 Å². The Bertz CT molecular complexity index is 516. The van der Waals surface area contributed by atoms with Gasteiger partial charge in [0.05, 0.1) is 5.69 Å². The molecule has 3 heteroatoms. The van der Waals surface area contributed by atoms with E-state index in [-0.39, 0.29) is 5.82 Å². The van der Waals surface area contributed by atoms with E-state index in [4.69, 9.17) is 0 Å². The van der Waals surface area contributed by atoms with E-state index in [2.05, 4.69) is 0 Å². The molecule has 1 heterocycles. The predicted octanol–water partition coefficient (Wildman–Crippen LogP) is 3.13. The lowest BCUT2D eigenvalue weighted by molar-refractivity contribution is 0.111. The van der Waals surface area contributed by atoms with E-state index in [0.717, 1.165) is 6.29 Å². The highest BCUT2D eigenvalue weighted by atomic mass is 19.1. The van der Waals surface area contributed by atoms with Crippen LogP contribution in [0.2, 0.25) is 0 Å². The first-order chi connectivity index (χ1) is 7.77. The molecule has 0 radical (unpaired) electrons. The average molecular weight is 217 g/mol. The van der Waals surface area contributed by atoms with E-state index in [1.54, 1.807) is 35.0 Å². The quantitative estimate of drug-likeness (QED) is 0.724. The molecule has 0 fully saturated rings. The van der Waals surface area contributed by atoms with Crippen molar-refractivity contribution in [3.8, 4) is 11.1 Å².